The van der Waals surface area contributed by atoms with Gasteiger partial charge in [-0.05, 0) is 22.0 Å². The van der Waals surface area contributed by atoms with E-state index in [4.69, 9.17) is 0 Å². The van der Waals surface area contributed by atoms with Crippen LogP contribution in [0.2, 0.25) is 0 Å². The number of nitrogens with one attached hydrogen (secondary N) is 1. The molecule has 0 spiro atoms. The van der Waals surface area contributed by atoms with Crippen LogP contribution in [0.4, 0.5) is 0 Å². The summed E-state index contributed by atoms with van der Waals surface area (Å²) < 4.78 is 26.2. The maximum absolute atomic E-state index is 12.3. The summed E-state index contributed by atoms with van der Waals surface area (Å²) in [6, 6.07) is 1.45. The van der Waals surface area contributed by atoms with Crippen molar-refractivity contribution in [3.63, 3.8) is 0 Å². The van der Waals surface area contributed by atoms with E-state index in [0.29, 0.717) is 4.47 Å². The number of hydrogen-bond donors (Lipinski definition) is 1. The molecule has 100 valence electrons. The van der Waals surface area contributed by atoms with Crippen LogP contribution in [0.15, 0.2) is 27.8 Å². The van der Waals surface area contributed by atoms with Gasteiger partial charge in [-0.25, -0.2) is 8.42 Å². The second kappa shape index (κ2) is 6.26. The van der Waals surface area contributed by atoms with Crippen molar-refractivity contribution in [3.8, 4) is 0 Å². The van der Waals surface area contributed by atoms with Crippen LogP contribution in [0.5, 0.6) is 0 Å². The van der Waals surface area contributed by atoms with Crippen molar-refractivity contribution < 1.29 is 13.2 Å². The van der Waals surface area contributed by atoms with Crippen molar-refractivity contribution in [2.45, 2.75) is 11.8 Å². The highest BCUT2D eigenvalue weighted by atomic mass is 79.9. The van der Waals surface area contributed by atoms with E-state index >= 15 is 0 Å². The number of pyridine rings is 1. The van der Waals surface area contributed by atoms with E-state index in [9.17, 15) is 13.2 Å². The molecule has 1 amide bonds. The summed E-state index contributed by atoms with van der Waals surface area (Å²) in [4.78, 5) is 15.2. The Kier molecular flexibility index (Phi) is 5.24. The van der Waals surface area contributed by atoms with Gasteiger partial charge in [0.2, 0.25) is 15.9 Å². The Morgan fingerprint density at radius 1 is 1.50 bits per heavy atom. The number of halogens is 1. The molecule has 0 saturated heterocycles. The smallest absolute Gasteiger partial charge is 0.245 e. The molecule has 1 aromatic heterocycles. The predicted molar refractivity (Wildman–Crippen MR) is 70.4 cm³/mol. The summed E-state index contributed by atoms with van der Waals surface area (Å²) in [6.07, 6.45) is 2.75. The van der Waals surface area contributed by atoms with Gasteiger partial charge in [-0.15, -0.1) is 0 Å². The third-order valence-electron chi connectivity index (χ3n) is 2.27. The van der Waals surface area contributed by atoms with E-state index in [1.165, 1.54) is 25.5 Å². The summed E-state index contributed by atoms with van der Waals surface area (Å²) in [5.74, 6) is -0.358. The van der Waals surface area contributed by atoms with Gasteiger partial charge in [-0.1, -0.05) is 6.92 Å². The highest BCUT2D eigenvalue weighted by Gasteiger charge is 2.25. The lowest BCUT2D eigenvalue weighted by Crippen LogP contribution is -2.39. The van der Waals surface area contributed by atoms with Crippen molar-refractivity contribution in [3.05, 3.63) is 22.9 Å². The second-order valence-corrected chi connectivity index (χ2v) is 6.30. The van der Waals surface area contributed by atoms with Gasteiger partial charge in [0.1, 0.15) is 4.90 Å². The van der Waals surface area contributed by atoms with Crippen LogP contribution in [0, 0.1) is 0 Å². The molecule has 0 fully saturated rings. The zero-order valence-corrected chi connectivity index (χ0v) is 12.5. The molecule has 18 heavy (non-hydrogen) atoms. The number of amides is 1. The molecule has 0 bridgehead atoms. The topological polar surface area (TPSA) is 79.4 Å². The quantitative estimate of drug-likeness (QED) is 0.854. The molecule has 0 unspecified atom stereocenters. The van der Waals surface area contributed by atoms with Gasteiger partial charge in [-0.2, -0.15) is 4.31 Å². The Labute approximate surface area is 115 Å². The van der Waals surface area contributed by atoms with Crippen LogP contribution in [0.3, 0.4) is 0 Å². The van der Waals surface area contributed by atoms with Gasteiger partial charge >= 0.3 is 0 Å². The molecule has 1 heterocycles. The fraction of sp³-hybridized carbons (Fsp3) is 0.400. The Balaban J connectivity index is 3.07. The van der Waals surface area contributed by atoms with E-state index in [2.05, 4.69) is 26.2 Å². The average molecular weight is 336 g/mol. The van der Waals surface area contributed by atoms with E-state index in [-0.39, 0.29) is 23.9 Å². The number of likely N-dealkylation sites (N-methyl/N-ethyl adjacent to an activating group) is 2. The van der Waals surface area contributed by atoms with Gasteiger partial charge in [-0.3, -0.25) is 9.78 Å². The molecule has 0 radical (unpaired) electrons. The standard InChI is InChI=1S/C10H14BrN3O3S/c1-3-14(7-10(15)12-2)18(16,17)9-4-8(11)5-13-6-9/h4-6H,3,7H2,1-2H3,(H,12,15). The molecule has 0 aromatic carbocycles. The lowest BCUT2D eigenvalue weighted by atomic mass is 10.5. The van der Waals surface area contributed by atoms with Crippen LogP contribution in [-0.2, 0) is 14.8 Å². The molecule has 0 aliphatic rings. The number of aromatic nitrogens is 1. The van der Waals surface area contributed by atoms with Crippen LogP contribution >= 0.6 is 15.9 Å². The highest BCUT2D eigenvalue weighted by molar-refractivity contribution is 9.10. The van der Waals surface area contributed by atoms with Gasteiger partial charge in [0.15, 0.2) is 0 Å². The van der Waals surface area contributed by atoms with Crippen LogP contribution < -0.4 is 5.32 Å². The number of rotatable bonds is 5. The van der Waals surface area contributed by atoms with Crippen LogP contribution in [0.25, 0.3) is 0 Å². The van der Waals surface area contributed by atoms with Crippen molar-refractivity contribution >= 4 is 31.9 Å². The molecule has 1 N–H and O–H groups in total. The number of nitrogens with zero attached hydrogens (tertiary/aromatic N) is 2. The first-order chi connectivity index (χ1) is 8.41. The Morgan fingerprint density at radius 2 is 2.17 bits per heavy atom. The van der Waals surface area contributed by atoms with E-state index < -0.39 is 10.0 Å². The van der Waals surface area contributed by atoms with Crippen LogP contribution in [0.1, 0.15) is 6.92 Å². The molecule has 6 nitrogen and oxygen atoms in total. The predicted octanol–water partition coefficient (Wildman–Crippen LogP) is 0.601. The maximum Gasteiger partial charge on any atom is 0.245 e. The number of sulfonamides is 1. The zero-order chi connectivity index (χ0) is 13.8. The van der Waals surface area contributed by atoms with Crippen molar-refractivity contribution in [2.75, 3.05) is 20.1 Å². The van der Waals surface area contributed by atoms with Gasteiger partial charge in [0.05, 0.1) is 6.54 Å². The van der Waals surface area contributed by atoms with Gasteiger partial charge < -0.3 is 5.32 Å². The molecule has 0 aliphatic heterocycles. The van der Waals surface area contributed by atoms with Gasteiger partial charge in [0, 0.05) is 30.5 Å². The summed E-state index contributed by atoms with van der Waals surface area (Å²) >= 11 is 3.17. The number of hydrogen-bond acceptors (Lipinski definition) is 4. The van der Waals surface area contributed by atoms with Gasteiger partial charge in [0.25, 0.3) is 0 Å². The first-order valence-corrected chi connectivity index (χ1v) is 7.46. The van der Waals surface area contributed by atoms with Crippen LogP contribution in [-0.4, -0.2) is 43.8 Å². The summed E-state index contributed by atoms with van der Waals surface area (Å²) in [7, 11) is -2.24. The van der Waals surface area contributed by atoms with Crippen molar-refractivity contribution in [1.29, 1.82) is 0 Å². The minimum atomic E-state index is -3.70. The largest absolute Gasteiger partial charge is 0.358 e. The second-order valence-electron chi connectivity index (χ2n) is 3.44. The first-order valence-electron chi connectivity index (χ1n) is 5.23. The monoisotopic (exact) mass is 335 g/mol. The number of carbonyl (C=O) groups excluding carboxylic acids is 1. The highest BCUT2D eigenvalue weighted by Crippen LogP contribution is 2.18. The molecular formula is C10H14BrN3O3S. The first kappa shape index (κ1) is 15.1. The molecular weight excluding hydrogens is 322 g/mol. The van der Waals surface area contributed by atoms with E-state index in [1.807, 2.05) is 0 Å². The molecule has 8 heteroatoms. The number of carbonyl (C=O) groups is 1. The Morgan fingerprint density at radius 3 is 2.67 bits per heavy atom. The Bertz CT molecular complexity index is 533. The Hall–Kier alpha value is -0.990. The summed E-state index contributed by atoms with van der Waals surface area (Å²) in [5.41, 5.74) is 0. The molecule has 1 aromatic rings. The lowest BCUT2D eigenvalue weighted by molar-refractivity contribution is -0.120. The average Bonchev–Trinajstić information content (AvgIpc) is 2.35. The molecule has 1 rings (SSSR count). The molecule has 0 atom stereocenters. The normalized spacial score (nSPS) is 11.6. The minimum absolute atomic E-state index is 0.0580. The lowest BCUT2D eigenvalue weighted by Gasteiger charge is -2.19. The fourth-order valence-electron chi connectivity index (χ4n) is 1.29. The van der Waals surface area contributed by atoms with Crippen molar-refractivity contribution in [2.24, 2.45) is 0 Å². The van der Waals surface area contributed by atoms with Crippen molar-refractivity contribution in [1.82, 2.24) is 14.6 Å². The summed E-state index contributed by atoms with van der Waals surface area (Å²) in [5, 5.41) is 2.39. The third-order valence-corrected chi connectivity index (χ3v) is 4.59. The summed E-state index contributed by atoms with van der Waals surface area (Å²) in [6.45, 7) is 1.68. The third kappa shape index (κ3) is 3.50. The molecule has 0 aliphatic carbocycles. The fourth-order valence-corrected chi connectivity index (χ4v) is 3.20. The molecule has 0 saturated carbocycles. The minimum Gasteiger partial charge on any atom is -0.358 e. The SMILES string of the molecule is CCN(CC(=O)NC)S(=O)(=O)c1cncc(Br)c1. The van der Waals surface area contributed by atoms with E-state index in [1.54, 1.807) is 6.92 Å². The maximum atomic E-state index is 12.3. The van der Waals surface area contributed by atoms with E-state index in [0.717, 1.165) is 4.31 Å². The zero-order valence-electron chi connectivity index (χ0n) is 10.1.